The Morgan fingerprint density at radius 3 is 2.48 bits per heavy atom. The van der Waals surface area contributed by atoms with E-state index in [-0.39, 0.29) is 11.5 Å². The van der Waals surface area contributed by atoms with Gasteiger partial charge in [-0.2, -0.15) is 0 Å². The van der Waals surface area contributed by atoms with E-state index in [0.717, 1.165) is 25.2 Å². The molecule has 2 bridgehead atoms. The van der Waals surface area contributed by atoms with Gasteiger partial charge < -0.3 is 9.84 Å². The van der Waals surface area contributed by atoms with Crippen LogP contribution in [0.3, 0.4) is 0 Å². The maximum absolute atomic E-state index is 12.1. The molecule has 0 aliphatic heterocycles. The van der Waals surface area contributed by atoms with Gasteiger partial charge in [0.2, 0.25) is 0 Å². The first kappa shape index (κ1) is 19.3. The largest absolute Gasteiger partial charge is 0.481 e. The molecule has 4 fully saturated rings. The molecule has 27 heavy (non-hydrogen) atoms. The Labute approximate surface area is 163 Å². The van der Waals surface area contributed by atoms with E-state index >= 15 is 0 Å². The normalized spacial score (nSPS) is 47.6. The second-order valence-corrected chi connectivity index (χ2v) is 11.4. The molecule has 0 aromatic heterocycles. The molecule has 4 aliphatic carbocycles. The number of hydrogen-bond acceptors (Lipinski definition) is 3. The molecule has 4 nitrogen and oxygen atoms in total. The van der Waals surface area contributed by atoms with Gasteiger partial charge in [-0.3, -0.25) is 9.59 Å². The topological polar surface area (TPSA) is 63.6 Å². The summed E-state index contributed by atoms with van der Waals surface area (Å²) in [5.74, 6) is -0.250. The van der Waals surface area contributed by atoms with Crippen LogP contribution in [0.15, 0.2) is 0 Å². The van der Waals surface area contributed by atoms with E-state index in [1.54, 1.807) is 0 Å². The van der Waals surface area contributed by atoms with E-state index < -0.39 is 18.4 Å². The van der Waals surface area contributed by atoms with Crippen LogP contribution in [0.1, 0.15) is 91.9 Å². The quantitative estimate of drug-likeness (QED) is 0.543. The molecule has 6 unspecified atom stereocenters. The maximum atomic E-state index is 12.1. The highest BCUT2D eigenvalue weighted by Crippen LogP contribution is 2.76. The third-order valence-corrected chi connectivity index (χ3v) is 9.66. The first-order valence-electron chi connectivity index (χ1n) is 10.9. The van der Waals surface area contributed by atoms with Crippen molar-refractivity contribution >= 4 is 11.9 Å². The Morgan fingerprint density at radius 1 is 1.04 bits per heavy atom. The second kappa shape index (κ2) is 5.97. The molecule has 0 radical (unpaired) electrons. The van der Waals surface area contributed by atoms with Crippen LogP contribution in [-0.2, 0) is 14.3 Å². The van der Waals surface area contributed by atoms with Crippen LogP contribution in [0.2, 0.25) is 0 Å². The molecule has 1 N–H and O–H groups in total. The highest BCUT2D eigenvalue weighted by Gasteiger charge is 2.69. The number of hydrogen-bond donors (Lipinski definition) is 1. The van der Waals surface area contributed by atoms with Gasteiger partial charge in [0.25, 0.3) is 0 Å². The molecule has 152 valence electrons. The number of esters is 1. The highest BCUT2D eigenvalue weighted by atomic mass is 16.5. The third kappa shape index (κ3) is 2.68. The van der Waals surface area contributed by atoms with Crippen LogP contribution in [-0.4, -0.2) is 23.1 Å². The summed E-state index contributed by atoms with van der Waals surface area (Å²) in [4.78, 5) is 22.9. The third-order valence-electron chi connectivity index (χ3n) is 9.66. The number of carboxylic acid groups (broad SMARTS) is 1. The molecule has 0 saturated heterocycles. The Bertz CT molecular complexity index is 655. The van der Waals surface area contributed by atoms with Crippen molar-refractivity contribution in [1.82, 2.24) is 0 Å². The average Bonchev–Trinajstić information content (AvgIpc) is 2.85. The van der Waals surface area contributed by atoms with Crippen LogP contribution >= 0.6 is 0 Å². The summed E-state index contributed by atoms with van der Waals surface area (Å²) in [6, 6.07) is 0. The van der Waals surface area contributed by atoms with Gasteiger partial charge in [0.1, 0.15) is 12.5 Å². The summed E-state index contributed by atoms with van der Waals surface area (Å²) in [5, 5.41) is 8.91. The number of carboxylic acids is 1. The SMILES string of the molecule is CC1(C)CCCC2(C)C1CCC1CC(OC(=O)CC(=O)O)C3(C)CCC12C3. The molecule has 0 aromatic rings. The molecule has 4 heteroatoms. The van der Waals surface area contributed by atoms with Gasteiger partial charge in [0, 0.05) is 5.41 Å². The zero-order chi connectivity index (χ0) is 19.7. The number of carbonyl (C=O) groups is 2. The van der Waals surface area contributed by atoms with E-state index in [4.69, 9.17) is 9.84 Å². The molecule has 0 amide bonds. The molecular weight excluding hydrogens is 340 g/mol. The molecule has 4 saturated carbocycles. The first-order chi connectivity index (χ1) is 12.5. The predicted molar refractivity (Wildman–Crippen MR) is 103 cm³/mol. The van der Waals surface area contributed by atoms with Crippen molar-refractivity contribution < 1.29 is 19.4 Å². The van der Waals surface area contributed by atoms with Crippen LogP contribution < -0.4 is 0 Å². The Balaban J connectivity index is 1.62. The van der Waals surface area contributed by atoms with Crippen molar-refractivity contribution in [2.45, 2.75) is 98.0 Å². The van der Waals surface area contributed by atoms with Crippen molar-refractivity contribution in [3.05, 3.63) is 0 Å². The van der Waals surface area contributed by atoms with Gasteiger partial charge in [0.05, 0.1) is 0 Å². The minimum absolute atomic E-state index is 0.0111. The lowest BCUT2D eigenvalue weighted by Crippen LogP contribution is -2.60. The lowest BCUT2D eigenvalue weighted by Gasteiger charge is -2.67. The maximum Gasteiger partial charge on any atom is 0.317 e. The number of aliphatic carboxylic acids is 1. The van der Waals surface area contributed by atoms with E-state index in [2.05, 4.69) is 27.7 Å². The van der Waals surface area contributed by atoms with Crippen molar-refractivity contribution in [3.63, 3.8) is 0 Å². The van der Waals surface area contributed by atoms with Crippen molar-refractivity contribution in [2.24, 2.45) is 33.5 Å². The van der Waals surface area contributed by atoms with Crippen molar-refractivity contribution in [3.8, 4) is 0 Å². The number of fused-ring (bicyclic) bond motifs is 2. The van der Waals surface area contributed by atoms with Crippen LogP contribution in [0.5, 0.6) is 0 Å². The minimum atomic E-state index is -1.10. The zero-order valence-corrected chi connectivity index (χ0v) is 17.5. The van der Waals surface area contributed by atoms with Crippen molar-refractivity contribution in [2.75, 3.05) is 0 Å². The smallest absolute Gasteiger partial charge is 0.317 e. The summed E-state index contributed by atoms with van der Waals surface area (Å²) in [7, 11) is 0. The van der Waals surface area contributed by atoms with Gasteiger partial charge in [-0.15, -0.1) is 0 Å². The fourth-order valence-corrected chi connectivity index (χ4v) is 8.46. The van der Waals surface area contributed by atoms with Crippen LogP contribution in [0, 0.1) is 33.5 Å². The molecule has 1 spiro atoms. The van der Waals surface area contributed by atoms with E-state index in [0.29, 0.717) is 22.2 Å². The highest BCUT2D eigenvalue weighted by molar-refractivity contribution is 5.90. The standard InChI is InChI=1S/C23H36O4/c1-20(2)8-5-9-22(4)16(20)7-6-15-12-17(27-19(26)13-18(24)25)21(3)10-11-23(15,22)14-21/h15-17H,5-14H2,1-4H3,(H,24,25). The molecule has 6 atom stereocenters. The van der Waals surface area contributed by atoms with E-state index in [1.165, 1.54) is 38.5 Å². The van der Waals surface area contributed by atoms with E-state index in [1.807, 2.05) is 0 Å². The summed E-state index contributed by atoms with van der Waals surface area (Å²) < 4.78 is 5.77. The first-order valence-corrected chi connectivity index (χ1v) is 10.9. The second-order valence-electron chi connectivity index (χ2n) is 11.4. The summed E-state index contributed by atoms with van der Waals surface area (Å²) >= 11 is 0. The van der Waals surface area contributed by atoms with Gasteiger partial charge >= 0.3 is 11.9 Å². The molecular formula is C23H36O4. The summed E-state index contributed by atoms with van der Waals surface area (Å²) in [6.45, 7) is 9.85. The molecule has 0 aromatic carbocycles. The van der Waals surface area contributed by atoms with Gasteiger partial charge in [-0.1, -0.05) is 34.1 Å². The molecule has 4 aliphatic rings. The fourth-order valence-electron chi connectivity index (χ4n) is 8.46. The van der Waals surface area contributed by atoms with Gasteiger partial charge in [-0.25, -0.2) is 0 Å². The van der Waals surface area contributed by atoms with Crippen LogP contribution in [0.25, 0.3) is 0 Å². The fraction of sp³-hybridized carbons (Fsp3) is 0.913. The lowest BCUT2D eigenvalue weighted by molar-refractivity contribution is -0.199. The number of carbonyl (C=O) groups excluding carboxylic acids is 1. The predicted octanol–water partition coefficient (Wildman–Crippen LogP) is 5.20. The Morgan fingerprint density at radius 2 is 1.78 bits per heavy atom. The zero-order valence-electron chi connectivity index (χ0n) is 17.5. The Kier molecular flexibility index (Phi) is 4.26. The number of ether oxygens (including phenoxy) is 1. The summed E-state index contributed by atoms with van der Waals surface area (Å²) in [6.07, 6.45) is 10.4. The minimum Gasteiger partial charge on any atom is -0.481 e. The average molecular weight is 377 g/mol. The lowest BCUT2D eigenvalue weighted by atomic mass is 9.38. The van der Waals surface area contributed by atoms with E-state index in [9.17, 15) is 9.59 Å². The Hall–Kier alpha value is -1.06. The monoisotopic (exact) mass is 376 g/mol. The molecule has 0 heterocycles. The van der Waals surface area contributed by atoms with Crippen LogP contribution in [0.4, 0.5) is 0 Å². The van der Waals surface area contributed by atoms with Gasteiger partial charge in [-0.05, 0) is 79.4 Å². The van der Waals surface area contributed by atoms with Gasteiger partial charge in [0.15, 0.2) is 0 Å². The molecule has 4 rings (SSSR count). The van der Waals surface area contributed by atoms with Crippen molar-refractivity contribution in [1.29, 1.82) is 0 Å². The summed E-state index contributed by atoms with van der Waals surface area (Å²) in [5.41, 5.74) is 1.22. The number of rotatable bonds is 3.